The van der Waals surface area contributed by atoms with Crippen LogP contribution in [0.2, 0.25) is 0 Å². The molecule has 0 aliphatic carbocycles. The standard InChI is InChI=1S/C15H23N3O4S/c1-11-9-14(22-16-11)13-6-4-8-18(13)15(19)12-5-3-7-17(10-12)23(2,20)21/h9,12-13H,3-8,10H2,1-2H3/t12-,13-/m0/s1. The van der Waals surface area contributed by atoms with Crippen LogP contribution < -0.4 is 0 Å². The number of hydrogen-bond donors (Lipinski definition) is 0. The van der Waals surface area contributed by atoms with Gasteiger partial charge in [0.25, 0.3) is 0 Å². The first-order valence-electron chi connectivity index (χ1n) is 8.05. The maximum absolute atomic E-state index is 12.9. The Labute approximate surface area is 136 Å². The zero-order valence-corrected chi connectivity index (χ0v) is 14.4. The number of nitrogens with zero attached hydrogens (tertiary/aromatic N) is 3. The fourth-order valence-corrected chi connectivity index (χ4v) is 4.46. The van der Waals surface area contributed by atoms with Gasteiger partial charge in [0.1, 0.15) is 0 Å². The maximum atomic E-state index is 12.9. The number of carbonyl (C=O) groups is 1. The molecule has 1 aromatic heterocycles. The molecule has 2 fully saturated rings. The van der Waals surface area contributed by atoms with Crippen molar-refractivity contribution in [3.8, 4) is 0 Å². The molecule has 0 aromatic carbocycles. The van der Waals surface area contributed by atoms with Crippen LogP contribution in [0, 0.1) is 12.8 Å². The first kappa shape index (κ1) is 16.4. The smallest absolute Gasteiger partial charge is 0.227 e. The number of likely N-dealkylation sites (tertiary alicyclic amines) is 1. The van der Waals surface area contributed by atoms with Crippen LogP contribution >= 0.6 is 0 Å². The third kappa shape index (κ3) is 3.42. The summed E-state index contributed by atoms with van der Waals surface area (Å²) in [5.74, 6) is 0.502. The van der Waals surface area contributed by atoms with Gasteiger partial charge in [-0.15, -0.1) is 0 Å². The maximum Gasteiger partial charge on any atom is 0.227 e. The fourth-order valence-electron chi connectivity index (χ4n) is 3.55. The number of aryl methyl sites for hydroxylation is 1. The van der Waals surface area contributed by atoms with Gasteiger partial charge >= 0.3 is 0 Å². The Morgan fingerprint density at radius 3 is 2.70 bits per heavy atom. The molecule has 0 spiro atoms. The van der Waals surface area contributed by atoms with E-state index in [9.17, 15) is 13.2 Å². The van der Waals surface area contributed by atoms with E-state index in [0.717, 1.165) is 37.1 Å². The van der Waals surface area contributed by atoms with Crippen molar-refractivity contribution < 1.29 is 17.7 Å². The second-order valence-corrected chi connectivity index (χ2v) is 8.50. The molecule has 23 heavy (non-hydrogen) atoms. The van der Waals surface area contributed by atoms with Crippen LogP contribution in [-0.4, -0.2) is 54.6 Å². The van der Waals surface area contributed by atoms with E-state index in [1.165, 1.54) is 10.6 Å². The van der Waals surface area contributed by atoms with E-state index in [4.69, 9.17) is 4.52 Å². The van der Waals surface area contributed by atoms with E-state index in [1.807, 2.05) is 17.9 Å². The van der Waals surface area contributed by atoms with Crippen molar-refractivity contribution in [2.75, 3.05) is 25.9 Å². The summed E-state index contributed by atoms with van der Waals surface area (Å²) in [6.07, 6.45) is 4.46. The molecule has 0 saturated carbocycles. The van der Waals surface area contributed by atoms with Crippen LogP contribution in [-0.2, 0) is 14.8 Å². The Hall–Kier alpha value is -1.41. The average Bonchev–Trinajstić information content (AvgIpc) is 3.14. The molecule has 2 aliphatic rings. The molecule has 2 saturated heterocycles. The molecule has 0 N–H and O–H groups in total. The zero-order chi connectivity index (χ0) is 16.6. The summed E-state index contributed by atoms with van der Waals surface area (Å²) in [4.78, 5) is 14.7. The fraction of sp³-hybridized carbons (Fsp3) is 0.733. The third-order valence-corrected chi connectivity index (χ3v) is 5.98. The summed E-state index contributed by atoms with van der Waals surface area (Å²) >= 11 is 0. The lowest BCUT2D eigenvalue weighted by Crippen LogP contribution is -2.46. The van der Waals surface area contributed by atoms with E-state index in [2.05, 4.69) is 5.16 Å². The molecule has 7 nitrogen and oxygen atoms in total. The topological polar surface area (TPSA) is 83.7 Å². The van der Waals surface area contributed by atoms with Crippen molar-refractivity contribution in [2.24, 2.45) is 5.92 Å². The Morgan fingerprint density at radius 1 is 1.30 bits per heavy atom. The number of carbonyl (C=O) groups excluding carboxylic acids is 1. The van der Waals surface area contributed by atoms with Crippen molar-refractivity contribution >= 4 is 15.9 Å². The van der Waals surface area contributed by atoms with Crippen molar-refractivity contribution in [3.63, 3.8) is 0 Å². The number of piperidine rings is 1. The summed E-state index contributed by atoms with van der Waals surface area (Å²) in [6.45, 7) is 3.35. The Kier molecular flexibility index (Phi) is 4.46. The Bertz CT molecular complexity index is 685. The van der Waals surface area contributed by atoms with Crippen LogP contribution in [0.25, 0.3) is 0 Å². The van der Waals surface area contributed by atoms with Crippen LogP contribution in [0.15, 0.2) is 10.6 Å². The van der Waals surface area contributed by atoms with Crippen molar-refractivity contribution in [2.45, 2.75) is 38.6 Å². The van der Waals surface area contributed by atoms with Crippen molar-refractivity contribution in [3.05, 3.63) is 17.5 Å². The van der Waals surface area contributed by atoms with Crippen LogP contribution in [0.5, 0.6) is 0 Å². The highest BCUT2D eigenvalue weighted by molar-refractivity contribution is 7.88. The Balaban J connectivity index is 1.74. The number of hydrogen-bond acceptors (Lipinski definition) is 5. The highest BCUT2D eigenvalue weighted by Gasteiger charge is 2.38. The lowest BCUT2D eigenvalue weighted by atomic mass is 9.97. The van der Waals surface area contributed by atoms with Crippen LogP contribution in [0.4, 0.5) is 0 Å². The van der Waals surface area contributed by atoms with E-state index in [-0.39, 0.29) is 24.4 Å². The molecule has 128 valence electrons. The summed E-state index contributed by atoms with van der Waals surface area (Å²) in [7, 11) is -3.24. The SMILES string of the molecule is Cc1cc([C@@H]2CCCN2C(=O)[C@H]2CCCN(S(C)(=O)=O)C2)on1. The molecule has 2 atom stereocenters. The van der Waals surface area contributed by atoms with Gasteiger partial charge in [-0.2, -0.15) is 0 Å². The van der Waals surface area contributed by atoms with E-state index in [0.29, 0.717) is 13.1 Å². The molecule has 1 amide bonds. The predicted octanol–water partition coefficient (Wildman–Crippen LogP) is 1.32. The van der Waals surface area contributed by atoms with Gasteiger partial charge in [0.2, 0.25) is 15.9 Å². The predicted molar refractivity (Wildman–Crippen MR) is 84.1 cm³/mol. The van der Waals surface area contributed by atoms with Gasteiger partial charge in [-0.05, 0) is 32.6 Å². The summed E-state index contributed by atoms with van der Waals surface area (Å²) in [5, 5.41) is 3.91. The third-order valence-electron chi connectivity index (χ3n) is 4.71. The minimum absolute atomic E-state index is 0.0369. The normalized spacial score (nSPS) is 26.6. The minimum Gasteiger partial charge on any atom is -0.359 e. The van der Waals surface area contributed by atoms with Gasteiger partial charge in [-0.1, -0.05) is 5.16 Å². The van der Waals surface area contributed by atoms with Crippen LogP contribution in [0.1, 0.15) is 43.2 Å². The van der Waals surface area contributed by atoms with Crippen LogP contribution in [0.3, 0.4) is 0 Å². The van der Waals surface area contributed by atoms with Gasteiger partial charge < -0.3 is 9.42 Å². The minimum atomic E-state index is -3.24. The molecule has 2 aliphatic heterocycles. The Morgan fingerprint density at radius 2 is 2.04 bits per heavy atom. The van der Waals surface area contributed by atoms with Crippen molar-refractivity contribution in [1.29, 1.82) is 0 Å². The first-order valence-corrected chi connectivity index (χ1v) is 9.90. The summed E-state index contributed by atoms with van der Waals surface area (Å²) in [6, 6.07) is 1.80. The van der Waals surface area contributed by atoms with Gasteiger partial charge in [0, 0.05) is 25.7 Å². The molecule has 3 heterocycles. The second-order valence-electron chi connectivity index (χ2n) is 6.52. The number of rotatable bonds is 3. The van der Waals surface area contributed by atoms with Gasteiger partial charge in [0.15, 0.2) is 5.76 Å². The molecule has 0 unspecified atom stereocenters. The highest BCUT2D eigenvalue weighted by Crippen LogP contribution is 2.34. The first-order chi connectivity index (χ1) is 10.9. The van der Waals surface area contributed by atoms with Gasteiger partial charge in [0.05, 0.1) is 23.9 Å². The second kappa shape index (κ2) is 6.24. The molecular weight excluding hydrogens is 318 g/mol. The van der Waals surface area contributed by atoms with E-state index < -0.39 is 10.0 Å². The molecule has 8 heteroatoms. The lowest BCUT2D eigenvalue weighted by Gasteiger charge is -2.33. The lowest BCUT2D eigenvalue weighted by molar-refractivity contribution is -0.138. The quantitative estimate of drug-likeness (QED) is 0.828. The zero-order valence-electron chi connectivity index (χ0n) is 13.6. The summed E-state index contributed by atoms with van der Waals surface area (Å²) in [5.41, 5.74) is 0.806. The summed E-state index contributed by atoms with van der Waals surface area (Å²) < 4.78 is 30.2. The van der Waals surface area contributed by atoms with Gasteiger partial charge in [-0.25, -0.2) is 12.7 Å². The van der Waals surface area contributed by atoms with E-state index in [1.54, 1.807) is 0 Å². The molecule has 3 rings (SSSR count). The molecular formula is C15H23N3O4S. The monoisotopic (exact) mass is 341 g/mol. The number of aromatic nitrogens is 1. The van der Waals surface area contributed by atoms with Crippen molar-refractivity contribution in [1.82, 2.24) is 14.4 Å². The van der Waals surface area contributed by atoms with Gasteiger partial charge in [-0.3, -0.25) is 4.79 Å². The van der Waals surface area contributed by atoms with E-state index >= 15 is 0 Å². The largest absolute Gasteiger partial charge is 0.359 e. The highest BCUT2D eigenvalue weighted by atomic mass is 32.2. The molecule has 1 aromatic rings. The number of amides is 1. The average molecular weight is 341 g/mol. The number of sulfonamides is 1. The molecule has 0 bridgehead atoms. The molecule has 0 radical (unpaired) electrons.